The molecule has 0 radical (unpaired) electrons. The predicted molar refractivity (Wildman–Crippen MR) is 75.0 cm³/mol. The average Bonchev–Trinajstić information content (AvgIpc) is 2.46. The van der Waals surface area contributed by atoms with Crippen LogP contribution in [-0.4, -0.2) is 0 Å². The van der Waals surface area contributed by atoms with Crippen molar-refractivity contribution in [1.82, 2.24) is 0 Å². The van der Waals surface area contributed by atoms with Crippen molar-refractivity contribution >= 4 is 11.6 Å². The number of hydrogen-bond acceptors (Lipinski definition) is 1. The van der Waals surface area contributed by atoms with E-state index in [2.05, 4.69) is 6.07 Å². The highest BCUT2D eigenvalue weighted by Crippen LogP contribution is 2.39. The first-order valence-electron chi connectivity index (χ1n) is 6.13. The van der Waals surface area contributed by atoms with E-state index in [1.807, 2.05) is 0 Å². The lowest BCUT2D eigenvalue weighted by molar-refractivity contribution is -0.137. The van der Waals surface area contributed by atoms with Gasteiger partial charge in [0.15, 0.2) is 0 Å². The number of hydrogen-bond donors (Lipinski definition) is 0. The zero-order valence-electron chi connectivity index (χ0n) is 11.1. The van der Waals surface area contributed by atoms with E-state index in [0.717, 1.165) is 6.07 Å². The van der Waals surface area contributed by atoms with Gasteiger partial charge in [0, 0.05) is 0 Å². The fraction of sp³-hybridized carbons (Fsp3) is 0.188. The average molecular weight is 310 g/mol. The van der Waals surface area contributed by atoms with Gasteiger partial charge in [-0.3, -0.25) is 0 Å². The standard InChI is InChI=1S/C16H11ClF3N/c1-15(10-21,11-5-3-2-4-6-11)12-7-8-14(17)13(9-12)16(18,19)20/h2-9H,1H3. The molecule has 2 aromatic rings. The molecular weight excluding hydrogens is 299 g/mol. The predicted octanol–water partition coefficient (Wildman–Crippen LogP) is 5.19. The molecule has 0 aliphatic rings. The molecule has 0 amide bonds. The molecule has 0 spiro atoms. The van der Waals surface area contributed by atoms with Crippen LogP contribution in [0.1, 0.15) is 23.6 Å². The second-order valence-electron chi connectivity index (χ2n) is 4.80. The third kappa shape index (κ3) is 2.88. The molecule has 0 fully saturated rings. The molecule has 0 N–H and O–H groups in total. The summed E-state index contributed by atoms with van der Waals surface area (Å²) < 4.78 is 38.9. The van der Waals surface area contributed by atoms with Crippen molar-refractivity contribution in [2.75, 3.05) is 0 Å². The lowest BCUT2D eigenvalue weighted by atomic mass is 9.77. The third-order valence-electron chi connectivity index (χ3n) is 3.42. The van der Waals surface area contributed by atoms with Gasteiger partial charge in [0.25, 0.3) is 0 Å². The largest absolute Gasteiger partial charge is 0.417 e. The van der Waals surface area contributed by atoms with Crippen LogP contribution in [-0.2, 0) is 11.6 Å². The second-order valence-corrected chi connectivity index (χ2v) is 5.20. The van der Waals surface area contributed by atoms with E-state index in [1.54, 1.807) is 37.3 Å². The maximum absolute atomic E-state index is 13.0. The van der Waals surface area contributed by atoms with Crippen molar-refractivity contribution in [3.63, 3.8) is 0 Å². The fourth-order valence-corrected chi connectivity index (χ4v) is 2.35. The Labute approximate surface area is 125 Å². The quantitative estimate of drug-likeness (QED) is 0.749. The molecule has 0 aromatic heterocycles. The van der Waals surface area contributed by atoms with Crippen LogP contribution >= 0.6 is 11.6 Å². The Morgan fingerprint density at radius 2 is 1.62 bits per heavy atom. The van der Waals surface area contributed by atoms with Gasteiger partial charge in [0.1, 0.15) is 5.41 Å². The molecule has 2 aromatic carbocycles. The van der Waals surface area contributed by atoms with Gasteiger partial charge in [0.05, 0.1) is 16.7 Å². The monoisotopic (exact) mass is 309 g/mol. The first kappa shape index (κ1) is 15.4. The summed E-state index contributed by atoms with van der Waals surface area (Å²) in [7, 11) is 0. The molecule has 108 valence electrons. The van der Waals surface area contributed by atoms with Crippen LogP contribution < -0.4 is 0 Å². The number of rotatable bonds is 2. The molecule has 1 unspecified atom stereocenters. The van der Waals surface area contributed by atoms with Crippen molar-refractivity contribution in [2.24, 2.45) is 0 Å². The lowest BCUT2D eigenvalue weighted by Gasteiger charge is -2.24. The van der Waals surface area contributed by atoms with Gasteiger partial charge in [-0.05, 0) is 30.2 Å². The van der Waals surface area contributed by atoms with Crippen LogP contribution in [0.25, 0.3) is 0 Å². The Morgan fingerprint density at radius 3 is 2.14 bits per heavy atom. The Morgan fingerprint density at radius 1 is 1.00 bits per heavy atom. The van der Waals surface area contributed by atoms with E-state index >= 15 is 0 Å². The first-order valence-corrected chi connectivity index (χ1v) is 6.51. The van der Waals surface area contributed by atoms with Crippen LogP contribution in [0.15, 0.2) is 48.5 Å². The molecule has 0 aliphatic carbocycles. The molecule has 0 saturated carbocycles. The molecule has 1 atom stereocenters. The number of nitrogens with zero attached hydrogens (tertiary/aromatic N) is 1. The number of benzene rings is 2. The van der Waals surface area contributed by atoms with Crippen molar-refractivity contribution in [1.29, 1.82) is 5.26 Å². The summed E-state index contributed by atoms with van der Waals surface area (Å²) in [4.78, 5) is 0. The van der Waals surface area contributed by atoms with Gasteiger partial charge >= 0.3 is 6.18 Å². The molecule has 2 rings (SSSR count). The summed E-state index contributed by atoms with van der Waals surface area (Å²) in [6, 6.07) is 14.4. The van der Waals surface area contributed by atoms with Crippen LogP contribution in [0.2, 0.25) is 5.02 Å². The topological polar surface area (TPSA) is 23.8 Å². The summed E-state index contributed by atoms with van der Waals surface area (Å²) in [6.45, 7) is 1.59. The van der Waals surface area contributed by atoms with Crippen LogP contribution in [0.4, 0.5) is 13.2 Å². The van der Waals surface area contributed by atoms with Gasteiger partial charge in [-0.25, -0.2) is 0 Å². The Balaban J connectivity index is 2.63. The second kappa shape index (κ2) is 5.42. The van der Waals surface area contributed by atoms with E-state index in [4.69, 9.17) is 11.6 Å². The van der Waals surface area contributed by atoms with E-state index < -0.39 is 17.2 Å². The number of halogens is 4. The Hall–Kier alpha value is -1.99. The zero-order chi connectivity index (χ0) is 15.7. The molecule has 0 saturated heterocycles. The van der Waals surface area contributed by atoms with Crippen LogP contribution in [0, 0.1) is 11.3 Å². The maximum Gasteiger partial charge on any atom is 0.417 e. The summed E-state index contributed by atoms with van der Waals surface area (Å²) in [5.41, 5.74) is -1.22. The summed E-state index contributed by atoms with van der Waals surface area (Å²) in [5, 5.41) is 9.12. The molecular formula is C16H11ClF3N. The Bertz CT molecular complexity index is 689. The highest BCUT2D eigenvalue weighted by atomic mass is 35.5. The van der Waals surface area contributed by atoms with E-state index in [1.165, 1.54) is 12.1 Å². The maximum atomic E-state index is 13.0. The minimum atomic E-state index is -4.56. The van der Waals surface area contributed by atoms with Crippen molar-refractivity contribution < 1.29 is 13.2 Å². The molecule has 21 heavy (non-hydrogen) atoms. The van der Waals surface area contributed by atoms with Gasteiger partial charge in [-0.15, -0.1) is 0 Å². The molecule has 1 nitrogen and oxygen atoms in total. The molecule has 0 aliphatic heterocycles. The normalized spacial score (nSPS) is 14.3. The number of alkyl halides is 3. The van der Waals surface area contributed by atoms with Crippen LogP contribution in [0.3, 0.4) is 0 Å². The highest BCUT2D eigenvalue weighted by molar-refractivity contribution is 6.31. The molecule has 0 bridgehead atoms. The first-order chi connectivity index (χ1) is 9.79. The fourth-order valence-electron chi connectivity index (χ4n) is 2.12. The van der Waals surface area contributed by atoms with Gasteiger partial charge in [-0.2, -0.15) is 18.4 Å². The molecule has 0 heterocycles. The summed E-state index contributed by atoms with van der Waals surface area (Å²) >= 11 is 5.62. The highest BCUT2D eigenvalue weighted by Gasteiger charge is 2.36. The van der Waals surface area contributed by atoms with Crippen molar-refractivity contribution in [3.8, 4) is 6.07 Å². The minimum absolute atomic E-state index is 0.257. The van der Waals surface area contributed by atoms with Gasteiger partial charge in [-0.1, -0.05) is 48.0 Å². The number of nitriles is 1. The van der Waals surface area contributed by atoms with Crippen LogP contribution in [0.5, 0.6) is 0 Å². The third-order valence-corrected chi connectivity index (χ3v) is 3.75. The lowest BCUT2D eigenvalue weighted by Crippen LogP contribution is -2.22. The Kier molecular flexibility index (Phi) is 3.97. The summed E-state index contributed by atoms with van der Waals surface area (Å²) in [5.74, 6) is 0. The van der Waals surface area contributed by atoms with Gasteiger partial charge < -0.3 is 0 Å². The van der Waals surface area contributed by atoms with E-state index in [0.29, 0.717) is 5.56 Å². The van der Waals surface area contributed by atoms with Crippen molar-refractivity contribution in [2.45, 2.75) is 18.5 Å². The molecule has 5 heteroatoms. The smallest absolute Gasteiger partial charge is 0.197 e. The van der Waals surface area contributed by atoms with E-state index in [-0.39, 0.29) is 10.6 Å². The zero-order valence-corrected chi connectivity index (χ0v) is 11.8. The van der Waals surface area contributed by atoms with E-state index in [9.17, 15) is 18.4 Å². The SMILES string of the molecule is CC(C#N)(c1ccccc1)c1ccc(Cl)c(C(F)(F)F)c1. The van der Waals surface area contributed by atoms with Crippen molar-refractivity contribution in [3.05, 3.63) is 70.2 Å². The van der Waals surface area contributed by atoms with Gasteiger partial charge in [0.2, 0.25) is 0 Å². The minimum Gasteiger partial charge on any atom is -0.197 e. The summed E-state index contributed by atoms with van der Waals surface area (Å²) in [6.07, 6.45) is -4.56.